The highest BCUT2D eigenvalue weighted by Crippen LogP contribution is 2.28. The Bertz CT molecular complexity index is 1070. The average molecular weight is 426 g/mol. The number of hydrogen-bond donors (Lipinski definition) is 2. The van der Waals surface area contributed by atoms with Crippen LogP contribution in [0, 0.1) is 0 Å². The Morgan fingerprint density at radius 3 is 2.80 bits per heavy atom. The van der Waals surface area contributed by atoms with Crippen molar-refractivity contribution < 1.29 is 14.3 Å². The number of hydrazine groups is 1. The summed E-state index contributed by atoms with van der Waals surface area (Å²) in [6.45, 7) is 1.99. The lowest BCUT2D eigenvalue weighted by Crippen LogP contribution is -2.48. The highest BCUT2D eigenvalue weighted by Gasteiger charge is 2.29. The highest BCUT2D eigenvalue weighted by molar-refractivity contribution is 6.30. The normalized spacial score (nSPS) is 14.7. The highest BCUT2D eigenvalue weighted by atomic mass is 35.5. The lowest BCUT2D eigenvalue weighted by molar-refractivity contribution is -0.128. The lowest BCUT2D eigenvalue weighted by atomic mass is 10.1. The molecule has 0 bridgehead atoms. The summed E-state index contributed by atoms with van der Waals surface area (Å²) in [5.74, 6) is -0.298. The van der Waals surface area contributed by atoms with Crippen molar-refractivity contribution in [2.45, 2.75) is 32.3 Å². The second-order valence-corrected chi connectivity index (χ2v) is 7.32. The fraction of sp³-hybridized carbons (Fsp3) is 0.238. The molecule has 1 aliphatic rings. The van der Waals surface area contributed by atoms with E-state index in [1.54, 1.807) is 22.9 Å². The summed E-state index contributed by atoms with van der Waals surface area (Å²) in [5, 5.41) is 8.69. The van der Waals surface area contributed by atoms with Gasteiger partial charge in [-0.05, 0) is 36.2 Å². The molecule has 0 saturated heterocycles. The molecular weight excluding hydrogens is 406 g/mol. The molecule has 0 spiro atoms. The first-order valence-electron chi connectivity index (χ1n) is 9.62. The fourth-order valence-electron chi connectivity index (χ4n) is 3.34. The molecule has 2 amide bonds. The van der Waals surface area contributed by atoms with Crippen LogP contribution in [0.5, 0.6) is 5.75 Å². The van der Waals surface area contributed by atoms with E-state index < -0.39 is 17.9 Å². The molecule has 2 aromatic carbocycles. The maximum absolute atomic E-state index is 12.7. The molecule has 0 radical (unpaired) electrons. The SMILES string of the molecule is CCCc1c(C(=O)NNC(=O)C2Cc3ccccc3O2)nnn1-c1cccc(Cl)c1. The number of carbonyl (C=O) groups excluding carboxylic acids is 2. The van der Waals surface area contributed by atoms with Crippen LogP contribution < -0.4 is 15.6 Å². The van der Waals surface area contributed by atoms with E-state index in [1.165, 1.54) is 0 Å². The Balaban J connectivity index is 1.45. The second-order valence-electron chi connectivity index (χ2n) is 6.89. The summed E-state index contributed by atoms with van der Waals surface area (Å²) in [7, 11) is 0. The van der Waals surface area contributed by atoms with Gasteiger partial charge in [-0.1, -0.05) is 54.4 Å². The molecule has 0 aliphatic carbocycles. The number of rotatable bonds is 5. The Morgan fingerprint density at radius 1 is 1.20 bits per heavy atom. The van der Waals surface area contributed by atoms with E-state index >= 15 is 0 Å². The van der Waals surface area contributed by atoms with Crippen LogP contribution >= 0.6 is 11.6 Å². The minimum Gasteiger partial charge on any atom is -0.480 e. The third-order valence-corrected chi connectivity index (χ3v) is 4.99. The van der Waals surface area contributed by atoms with Gasteiger partial charge in [0.2, 0.25) is 0 Å². The summed E-state index contributed by atoms with van der Waals surface area (Å²) >= 11 is 6.07. The van der Waals surface area contributed by atoms with E-state index in [0.29, 0.717) is 35.0 Å². The predicted molar refractivity (Wildman–Crippen MR) is 111 cm³/mol. The second kappa shape index (κ2) is 8.54. The number of halogens is 1. The molecule has 0 fully saturated rings. The molecule has 0 saturated carbocycles. The van der Waals surface area contributed by atoms with Crippen LogP contribution in [-0.2, 0) is 17.6 Å². The van der Waals surface area contributed by atoms with Crippen LogP contribution in [0.15, 0.2) is 48.5 Å². The number of carbonyl (C=O) groups is 2. The van der Waals surface area contributed by atoms with E-state index in [9.17, 15) is 9.59 Å². The third kappa shape index (κ3) is 3.99. The number of nitrogens with one attached hydrogen (secondary N) is 2. The molecule has 1 unspecified atom stereocenters. The summed E-state index contributed by atoms with van der Waals surface area (Å²) in [5.41, 5.74) is 7.29. The van der Waals surface area contributed by atoms with Gasteiger partial charge in [0.15, 0.2) is 11.8 Å². The molecule has 8 nitrogen and oxygen atoms in total. The van der Waals surface area contributed by atoms with Crippen molar-refractivity contribution in [1.82, 2.24) is 25.8 Å². The number of para-hydroxylation sites is 1. The summed E-state index contributed by atoms with van der Waals surface area (Å²) in [6.07, 6.45) is 1.12. The van der Waals surface area contributed by atoms with Gasteiger partial charge in [-0.2, -0.15) is 0 Å². The van der Waals surface area contributed by atoms with Gasteiger partial charge in [0.1, 0.15) is 5.75 Å². The molecule has 1 atom stereocenters. The van der Waals surface area contributed by atoms with Crippen LogP contribution in [0.4, 0.5) is 0 Å². The Morgan fingerprint density at radius 2 is 2.03 bits per heavy atom. The average Bonchev–Trinajstić information content (AvgIpc) is 3.36. The van der Waals surface area contributed by atoms with Gasteiger partial charge in [-0.3, -0.25) is 20.4 Å². The van der Waals surface area contributed by atoms with Crippen molar-refractivity contribution in [2.75, 3.05) is 0 Å². The standard InChI is InChI=1S/C21H20ClN5O3/c1-2-6-16-19(23-26-27(16)15-9-5-8-14(22)12-15)21(29)25-24-20(28)18-11-13-7-3-4-10-17(13)30-18/h3-5,7-10,12,18H,2,6,11H2,1H3,(H,24,28)(H,25,29). The monoisotopic (exact) mass is 425 g/mol. The molecule has 3 aromatic rings. The Kier molecular flexibility index (Phi) is 5.67. The maximum Gasteiger partial charge on any atom is 0.292 e. The number of hydrogen-bond acceptors (Lipinski definition) is 5. The van der Waals surface area contributed by atoms with Gasteiger partial charge in [-0.15, -0.1) is 5.10 Å². The molecule has 4 rings (SSSR count). The lowest BCUT2D eigenvalue weighted by Gasteiger charge is -2.12. The topological polar surface area (TPSA) is 98.1 Å². The molecule has 2 N–H and O–H groups in total. The number of ether oxygens (including phenoxy) is 1. The quantitative estimate of drug-likeness (QED) is 0.612. The Hall–Kier alpha value is -3.39. The minimum absolute atomic E-state index is 0.146. The van der Waals surface area contributed by atoms with Gasteiger partial charge >= 0.3 is 0 Å². The van der Waals surface area contributed by atoms with Crippen LogP contribution in [0.2, 0.25) is 5.02 Å². The smallest absolute Gasteiger partial charge is 0.292 e. The van der Waals surface area contributed by atoms with Crippen molar-refractivity contribution >= 4 is 23.4 Å². The maximum atomic E-state index is 12.7. The van der Waals surface area contributed by atoms with E-state index in [-0.39, 0.29) is 5.69 Å². The van der Waals surface area contributed by atoms with Crippen molar-refractivity contribution in [2.24, 2.45) is 0 Å². The summed E-state index contributed by atoms with van der Waals surface area (Å²) in [6, 6.07) is 14.6. The number of amides is 2. The van der Waals surface area contributed by atoms with Crippen molar-refractivity contribution in [3.05, 3.63) is 70.5 Å². The number of aromatic nitrogens is 3. The van der Waals surface area contributed by atoms with Gasteiger partial charge in [-0.25, -0.2) is 4.68 Å². The first-order chi connectivity index (χ1) is 14.6. The first kappa shape index (κ1) is 19.9. The summed E-state index contributed by atoms with van der Waals surface area (Å²) < 4.78 is 7.22. The van der Waals surface area contributed by atoms with Crippen LogP contribution in [0.25, 0.3) is 5.69 Å². The largest absolute Gasteiger partial charge is 0.480 e. The van der Waals surface area contributed by atoms with Gasteiger partial charge in [0.25, 0.3) is 11.8 Å². The predicted octanol–water partition coefficient (Wildman–Crippen LogP) is 2.64. The number of nitrogens with zero attached hydrogens (tertiary/aromatic N) is 3. The minimum atomic E-state index is -0.694. The summed E-state index contributed by atoms with van der Waals surface area (Å²) in [4.78, 5) is 25.1. The van der Waals surface area contributed by atoms with Gasteiger partial charge < -0.3 is 4.74 Å². The van der Waals surface area contributed by atoms with E-state index in [1.807, 2.05) is 37.3 Å². The molecular formula is C21H20ClN5O3. The van der Waals surface area contributed by atoms with Crippen molar-refractivity contribution in [3.63, 3.8) is 0 Å². The number of benzene rings is 2. The van der Waals surface area contributed by atoms with Crippen LogP contribution in [0.1, 0.15) is 35.1 Å². The third-order valence-electron chi connectivity index (χ3n) is 4.76. The Labute approximate surface area is 178 Å². The zero-order valence-electron chi connectivity index (χ0n) is 16.3. The zero-order valence-corrected chi connectivity index (χ0v) is 17.0. The van der Waals surface area contributed by atoms with Crippen LogP contribution in [-0.4, -0.2) is 32.9 Å². The fourth-order valence-corrected chi connectivity index (χ4v) is 3.53. The number of fused-ring (bicyclic) bond motifs is 1. The zero-order chi connectivity index (χ0) is 21.1. The molecule has 1 aliphatic heterocycles. The van der Waals surface area contributed by atoms with E-state index in [4.69, 9.17) is 16.3 Å². The molecule has 30 heavy (non-hydrogen) atoms. The molecule has 154 valence electrons. The molecule has 1 aromatic heterocycles. The molecule has 2 heterocycles. The van der Waals surface area contributed by atoms with Crippen LogP contribution in [0.3, 0.4) is 0 Å². The van der Waals surface area contributed by atoms with Gasteiger partial charge in [0.05, 0.1) is 11.4 Å². The van der Waals surface area contributed by atoms with E-state index in [2.05, 4.69) is 21.2 Å². The first-order valence-corrected chi connectivity index (χ1v) is 10.00. The van der Waals surface area contributed by atoms with Gasteiger partial charge in [0, 0.05) is 11.4 Å². The van der Waals surface area contributed by atoms with Crippen molar-refractivity contribution in [1.29, 1.82) is 0 Å². The molecule has 9 heteroatoms. The van der Waals surface area contributed by atoms with Crippen molar-refractivity contribution in [3.8, 4) is 11.4 Å². The van der Waals surface area contributed by atoms with E-state index in [0.717, 1.165) is 12.0 Å².